The molecule has 0 spiro atoms. The molecule has 0 unspecified atom stereocenters. The van der Waals surface area contributed by atoms with Crippen molar-refractivity contribution in [3.05, 3.63) is 58.3 Å². The molecule has 25 heavy (non-hydrogen) atoms. The van der Waals surface area contributed by atoms with Gasteiger partial charge in [0, 0.05) is 18.0 Å². The first-order valence-corrected chi connectivity index (χ1v) is 11.4. The number of nitrogens with zero attached hydrogens (tertiary/aromatic N) is 1. The van der Waals surface area contributed by atoms with E-state index < -0.39 is 10.0 Å². The smallest absolute Gasteiger partial charge is 0.211 e. The molecule has 4 nitrogen and oxygen atoms in total. The summed E-state index contributed by atoms with van der Waals surface area (Å²) < 4.78 is 27.0. The van der Waals surface area contributed by atoms with E-state index in [-0.39, 0.29) is 5.75 Å². The third-order valence-corrected chi connectivity index (χ3v) is 7.21. The van der Waals surface area contributed by atoms with E-state index in [9.17, 15) is 8.42 Å². The Morgan fingerprint density at radius 3 is 2.52 bits per heavy atom. The number of benzene rings is 1. The van der Waals surface area contributed by atoms with Crippen molar-refractivity contribution in [1.82, 2.24) is 9.62 Å². The topological polar surface area (TPSA) is 49.4 Å². The van der Waals surface area contributed by atoms with Gasteiger partial charge in [0.1, 0.15) is 0 Å². The fourth-order valence-electron chi connectivity index (χ4n) is 3.29. The Labute approximate surface area is 154 Å². The van der Waals surface area contributed by atoms with E-state index in [4.69, 9.17) is 0 Å². The maximum atomic E-state index is 12.1. The van der Waals surface area contributed by atoms with E-state index in [1.807, 2.05) is 41.7 Å². The summed E-state index contributed by atoms with van der Waals surface area (Å²) in [4.78, 5) is 3.85. The van der Waals surface area contributed by atoms with E-state index in [1.165, 1.54) is 17.7 Å². The number of aryl methyl sites for hydroxylation is 1. The highest BCUT2D eigenvalue weighted by Gasteiger charge is 2.21. The van der Waals surface area contributed by atoms with Crippen LogP contribution in [0.1, 0.15) is 29.2 Å². The van der Waals surface area contributed by atoms with Crippen molar-refractivity contribution in [1.29, 1.82) is 0 Å². The van der Waals surface area contributed by atoms with Crippen molar-refractivity contribution >= 4 is 21.4 Å². The lowest BCUT2D eigenvalue weighted by Crippen LogP contribution is -2.39. The number of piperidine rings is 1. The monoisotopic (exact) mass is 378 g/mol. The molecule has 1 aromatic heterocycles. The lowest BCUT2D eigenvalue weighted by atomic mass is 9.95. The summed E-state index contributed by atoms with van der Waals surface area (Å²) in [6.07, 6.45) is 2.89. The number of hydrogen-bond donors (Lipinski definition) is 1. The van der Waals surface area contributed by atoms with Gasteiger partial charge in [-0.3, -0.25) is 0 Å². The van der Waals surface area contributed by atoms with Gasteiger partial charge < -0.3 is 4.90 Å². The predicted molar refractivity (Wildman–Crippen MR) is 105 cm³/mol. The first-order valence-electron chi connectivity index (χ1n) is 8.89. The minimum absolute atomic E-state index is 0.150. The van der Waals surface area contributed by atoms with Crippen LogP contribution in [0.25, 0.3) is 0 Å². The molecule has 0 bridgehead atoms. The van der Waals surface area contributed by atoms with Crippen LogP contribution in [-0.4, -0.2) is 45.2 Å². The zero-order valence-corrected chi connectivity index (χ0v) is 16.1. The van der Waals surface area contributed by atoms with E-state index in [0.29, 0.717) is 18.9 Å². The molecule has 1 fully saturated rings. The molecule has 1 saturated heterocycles. The molecule has 0 saturated carbocycles. The van der Waals surface area contributed by atoms with Crippen molar-refractivity contribution in [2.45, 2.75) is 25.2 Å². The highest BCUT2D eigenvalue weighted by molar-refractivity contribution is 7.89. The number of nitrogens with one attached hydrogen (secondary N) is 1. The van der Waals surface area contributed by atoms with Gasteiger partial charge in [0.15, 0.2) is 0 Å². The van der Waals surface area contributed by atoms with Gasteiger partial charge in [-0.15, -0.1) is 11.3 Å². The second kappa shape index (κ2) is 8.94. The number of likely N-dealkylation sites (tertiary alicyclic amines) is 1. The van der Waals surface area contributed by atoms with Crippen LogP contribution in [-0.2, 0) is 16.4 Å². The Hall–Kier alpha value is -1.21. The summed E-state index contributed by atoms with van der Waals surface area (Å²) in [5, 5.41) is 2.14. The molecule has 1 aliphatic rings. The third kappa shape index (κ3) is 5.92. The number of rotatable bonds is 8. The summed E-state index contributed by atoms with van der Waals surface area (Å²) >= 11 is 1.85. The van der Waals surface area contributed by atoms with Gasteiger partial charge >= 0.3 is 0 Å². The molecular weight excluding hydrogens is 352 g/mol. The standard InChI is InChI=1S/C19H26N2O2S2/c22-25(23,16-10-17-5-2-1-3-6-17)20-11-14-21-12-8-18(9-13-21)19-7-4-15-24-19/h1-7,15,18,20H,8-14,16H2. The van der Waals surface area contributed by atoms with Gasteiger partial charge in [0.05, 0.1) is 5.75 Å². The average molecular weight is 379 g/mol. The third-order valence-electron chi connectivity index (χ3n) is 4.79. The molecule has 3 rings (SSSR count). The van der Waals surface area contributed by atoms with Gasteiger partial charge in [-0.25, -0.2) is 13.1 Å². The van der Waals surface area contributed by atoms with E-state index in [0.717, 1.165) is 25.2 Å². The summed E-state index contributed by atoms with van der Waals surface area (Å²) in [6, 6.07) is 14.1. The normalized spacial score (nSPS) is 17.0. The molecule has 2 aromatic rings. The van der Waals surface area contributed by atoms with Gasteiger partial charge in [-0.05, 0) is 55.3 Å². The van der Waals surface area contributed by atoms with Crippen LogP contribution in [0, 0.1) is 0 Å². The minimum Gasteiger partial charge on any atom is -0.302 e. The number of sulfonamides is 1. The zero-order chi connectivity index (χ0) is 17.5. The van der Waals surface area contributed by atoms with Gasteiger partial charge in [0.25, 0.3) is 0 Å². The molecule has 0 amide bonds. The Kier molecular flexibility index (Phi) is 6.64. The van der Waals surface area contributed by atoms with E-state index in [1.54, 1.807) is 0 Å². The van der Waals surface area contributed by atoms with Crippen LogP contribution in [0.15, 0.2) is 47.8 Å². The molecule has 1 aliphatic heterocycles. The summed E-state index contributed by atoms with van der Waals surface area (Å²) in [5.41, 5.74) is 1.06. The van der Waals surface area contributed by atoms with Crippen LogP contribution in [0.2, 0.25) is 0 Å². The van der Waals surface area contributed by atoms with Crippen LogP contribution in [0.3, 0.4) is 0 Å². The lowest BCUT2D eigenvalue weighted by molar-refractivity contribution is 0.217. The predicted octanol–water partition coefficient (Wildman–Crippen LogP) is 3.09. The Bertz CT molecular complexity index is 722. The zero-order valence-electron chi connectivity index (χ0n) is 14.4. The molecule has 1 aromatic carbocycles. The highest BCUT2D eigenvalue weighted by Crippen LogP contribution is 2.30. The molecule has 6 heteroatoms. The molecular formula is C19H26N2O2S2. The SMILES string of the molecule is O=S(=O)(CCc1ccccc1)NCCN1CCC(c2cccs2)CC1. The van der Waals surface area contributed by atoms with Crippen molar-refractivity contribution in [2.75, 3.05) is 31.9 Å². The quantitative estimate of drug-likeness (QED) is 0.768. The Morgan fingerprint density at radius 1 is 1.08 bits per heavy atom. The number of thiophene rings is 1. The van der Waals surface area contributed by atoms with Crippen molar-refractivity contribution in [3.8, 4) is 0 Å². The largest absolute Gasteiger partial charge is 0.302 e. The van der Waals surface area contributed by atoms with Crippen LogP contribution >= 0.6 is 11.3 Å². The lowest BCUT2D eigenvalue weighted by Gasteiger charge is -2.31. The highest BCUT2D eigenvalue weighted by atomic mass is 32.2. The molecule has 0 atom stereocenters. The van der Waals surface area contributed by atoms with Crippen LogP contribution in [0.5, 0.6) is 0 Å². The van der Waals surface area contributed by atoms with Crippen molar-refractivity contribution < 1.29 is 8.42 Å². The summed E-state index contributed by atoms with van der Waals surface area (Å²) in [5.74, 6) is 0.830. The van der Waals surface area contributed by atoms with E-state index >= 15 is 0 Å². The first kappa shape index (κ1) is 18.6. The molecule has 1 N–H and O–H groups in total. The second-order valence-electron chi connectivity index (χ2n) is 6.58. The van der Waals surface area contributed by atoms with Crippen LogP contribution in [0.4, 0.5) is 0 Å². The van der Waals surface area contributed by atoms with Crippen LogP contribution < -0.4 is 4.72 Å². The van der Waals surface area contributed by atoms with Gasteiger partial charge in [-0.1, -0.05) is 36.4 Å². The molecule has 0 aliphatic carbocycles. The first-order chi connectivity index (χ1) is 12.1. The molecule has 2 heterocycles. The minimum atomic E-state index is -3.20. The average Bonchev–Trinajstić information content (AvgIpc) is 3.16. The van der Waals surface area contributed by atoms with Crippen molar-refractivity contribution in [2.24, 2.45) is 0 Å². The maximum absolute atomic E-state index is 12.1. The Balaban J connectivity index is 1.35. The summed E-state index contributed by atoms with van der Waals surface area (Å²) in [7, 11) is -3.20. The molecule has 0 radical (unpaired) electrons. The fourth-order valence-corrected chi connectivity index (χ4v) is 5.24. The maximum Gasteiger partial charge on any atom is 0.211 e. The number of hydrogen-bond acceptors (Lipinski definition) is 4. The Morgan fingerprint density at radius 2 is 1.84 bits per heavy atom. The second-order valence-corrected chi connectivity index (χ2v) is 9.49. The van der Waals surface area contributed by atoms with E-state index in [2.05, 4.69) is 27.1 Å². The van der Waals surface area contributed by atoms with Crippen molar-refractivity contribution in [3.63, 3.8) is 0 Å². The van der Waals surface area contributed by atoms with Gasteiger partial charge in [0.2, 0.25) is 10.0 Å². The fraction of sp³-hybridized carbons (Fsp3) is 0.474. The summed E-state index contributed by atoms with van der Waals surface area (Å²) in [6.45, 7) is 3.39. The molecule has 136 valence electrons. The van der Waals surface area contributed by atoms with Gasteiger partial charge in [-0.2, -0.15) is 0 Å².